The topological polar surface area (TPSA) is 29.1 Å². The Kier molecular flexibility index (Phi) is 70.4. The molecule has 0 aliphatic rings. The summed E-state index contributed by atoms with van der Waals surface area (Å²) in [6, 6.07) is 0. The second-order valence-electron chi connectivity index (χ2n) is 13.9. The summed E-state index contributed by atoms with van der Waals surface area (Å²) in [7, 11) is 0. The van der Waals surface area contributed by atoms with Crippen molar-refractivity contribution in [3.63, 3.8) is 0 Å². The van der Waals surface area contributed by atoms with E-state index in [1.54, 1.807) is 6.92 Å². The SMILES string of the molecule is C#CC#CC#CC#CC#CC#CC#CC#CC#CC#CC#CC#CC#CC#CC#CC#CC#CC#CC#CC#CC#CC#CC#CC#CC#CC#CC#CC#CC#CC#CC#CC#CC#CC#CC#CC#CC#CC#CC#CC#CC#CC#CC#CC#CC#CC#CC#CC#CC#CC#CC#CC.CCNC(C)=O. The van der Waals surface area contributed by atoms with Gasteiger partial charge in [0.25, 0.3) is 0 Å². The van der Waals surface area contributed by atoms with Crippen molar-refractivity contribution in [2.24, 2.45) is 0 Å². The molecule has 452 valence electrons. The van der Waals surface area contributed by atoms with E-state index < -0.39 is 0 Å². The van der Waals surface area contributed by atoms with Gasteiger partial charge in [-0.1, -0.05) is 5.92 Å². The van der Waals surface area contributed by atoms with Crippen LogP contribution in [-0.4, -0.2) is 12.5 Å². The van der Waals surface area contributed by atoms with Crippen LogP contribution in [-0.2, 0) is 4.79 Å². The maximum Gasteiger partial charge on any atom is 0.216 e. The first-order chi connectivity index (χ1) is 54.2. The number of nitrogens with one attached hydrogen (secondary N) is 1. The zero-order valence-electron chi connectivity index (χ0n) is 56.2. The number of carbonyl (C=O) groups excluding carboxylic acids is 1. The molecule has 0 unspecified atom stereocenters. The third kappa shape index (κ3) is 91.5. The second kappa shape index (κ2) is 87.1. The maximum absolute atomic E-state index is 9.93. The Morgan fingerprint density at radius 2 is 0.239 bits per heavy atom. The molecular formula is C107H13NO. The van der Waals surface area contributed by atoms with Gasteiger partial charge >= 0.3 is 0 Å². The monoisotopic (exact) mass is 1330 g/mol. The quantitative estimate of drug-likeness (QED) is 0.391. The molecule has 0 fully saturated rings. The molecule has 0 radical (unpaired) electrons. The van der Waals surface area contributed by atoms with Crippen molar-refractivity contribution in [1.82, 2.24) is 5.32 Å². The maximum atomic E-state index is 9.93. The molecule has 0 saturated heterocycles. The lowest BCUT2D eigenvalue weighted by atomic mass is 10.4. The summed E-state index contributed by atoms with van der Waals surface area (Å²) < 4.78 is 0. The Hall–Kier alpha value is -23.0. The van der Waals surface area contributed by atoms with E-state index in [1.807, 2.05) is 6.92 Å². The number of rotatable bonds is 1. The Morgan fingerprint density at radius 1 is 0.165 bits per heavy atom. The molecule has 109 heavy (non-hydrogen) atoms. The smallest absolute Gasteiger partial charge is 0.216 e. The lowest BCUT2D eigenvalue weighted by Crippen LogP contribution is -2.18. The molecule has 1 N–H and O–H groups in total. The highest BCUT2D eigenvalue weighted by atomic mass is 16.1. The fourth-order valence-corrected chi connectivity index (χ4v) is 3.38. The molecule has 0 aromatic heterocycles. The molecule has 0 aromatic carbocycles. The minimum Gasteiger partial charge on any atom is -0.357 e. The van der Waals surface area contributed by atoms with Gasteiger partial charge in [0.15, 0.2) is 0 Å². The molecule has 0 bridgehead atoms. The fraction of sp³-hybridized carbons (Fsp3) is 0.0374. The summed E-state index contributed by atoms with van der Waals surface area (Å²) in [5, 5.41) is 2.57. The minimum atomic E-state index is 0.0394. The van der Waals surface area contributed by atoms with E-state index in [2.05, 4.69) is 603 Å². The summed E-state index contributed by atoms with van der Waals surface area (Å²) in [4.78, 5) is 9.93. The van der Waals surface area contributed by atoms with Gasteiger partial charge < -0.3 is 5.32 Å². The van der Waals surface area contributed by atoms with Gasteiger partial charge in [-0.05, 0) is 109 Å². The summed E-state index contributed by atoms with van der Waals surface area (Å²) in [6.45, 7) is 5.81. The number of amides is 1. The van der Waals surface area contributed by atoms with Gasteiger partial charge in [-0.25, -0.2) is 0 Å². The largest absolute Gasteiger partial charge is 0.357 e. The molecule has 0 atom stereocenters. The van der Waals surface area contributed by atoms with Crippen LogP contribution in [0.3, 0.4) is 0 Å². The normalized spacial score (nSPS) is 4.17. The van der Waals surface area contributed by atoms with E-state index in [1.165, 1.54) is 6.92 Å². The zero-order valence-corrected chi connectivity index (χ0v) is 56.2. The predicted octanol–water partition coefficient (Wildman–Crippen LogP) is 0.952. The van der Waals surface area contributed by atoms with Gasteiger partial charge in [0.1, 0.15) is 0 Å². The van der Waals surface area contributed by atoms with Crippen LogP contribution in [0.25, 0.3) is 0 Å². The highest BCUT2D eigenvalue weighted by Crippen LogP contribution is 1.68. The Bertz CT molecular complexity index is 7490. The Labute approximate surface area is 643 Å². The molecule has 0 rings (SSSR count). The zero-order chi connectivity index (χ0) is 78.4. The summed E-state index contributed by atoms with van der Waals surface area (Å²) >= 11 is 0. The number of terminal acetylenes is 1. The van der Waals surface area contributed by atoms with Crippen molar-refractivity contribution in [2.45, 2.75) is 20.8 Å². The summed E-state index contributed by atoms with van der Waals surface area (Å²) in [6.07, 6.45) is 4.95. The second-order valence-corrected chi connectivity index (χ2v) is 13.9. The van der Waals surface area contributed by atoms with Gasteiger partial charge in [-0.2, -0.15) is 0 Å². The van der Waals surface area contributed by atoms with Crippen LogP contribution in [0.5, 0.6) is 0 Å². The van der Waals surface area contributed by atoms with Gasteiger partial charge in [0.05, 0.1) is 0 Å². The highest BCUT2D eigenvalue weighted by molar-refractivity contribution is 5.72. The summed E-state index contributed by atoms with van der Waals surface area (Å²) in [5.41, 5.74) is 0. The third-order valence-electron chi connectivity index (χ3n) is 6.75. The average molecular weight is 1330 g/mol. The van der Waals surface area contributed by atoms with Gasteiger partial charge in [-0.3, -0.25) is 4.79 Å². The lowest BCUT2D eigenvalue weighted by molar-refractivity contribution is -0.118. The van der Waals surface area contributed by atoms with Gasteiger partial charge in [0.2, 0.25) is 5.91 Å². The van der Waals surface area contributed by atoms with Crippen LogP contribution in [0, 0.1) is 604 Å². The Morgan fingerprint density at radius 3 is 0.284 bits per heavy atom. The van der Waals surface area contributed by atoms with E-state index in [4.69, 9.17) is 6.42 Å². The molecule has 0 aliphatic carbocycles. The molecule has 0 spiro atoms. The fourth-order valence-electron chi connectivity index (χ4n) is 3.38. The first-order valence-electron chi connectivity index (χ1n) is 27.8. The molecule has 1 amide bonds. The van der Waals surface area contributed by atoms with Crippen LogP contribution < -0.4 is 5.32 Å². The Balaban J connectivity index is 0. The van der Waals surface area contributed by atoms with Crippen LogP contribution in [0.1, 0.15) is 20.8 Å². The highest BCUT2D eigenvalue weighted by Gasteiger charge is 1.79. The van der Waals surface area contributed by atoms with Crippen LogP contribution in [0.15, 0.2) is 0 Å². The van der Waals surface area contributed by atoms with E-state index in [-0.39, 0.29) is 5.91 Å². The minimum absolute atomic E-state index is 0.0394. The molecule has 0 saturated carbocycles. The molecule has 0 aliphatic heterocycles. The first kappa shape index (κ1) is 88.1. The molecule has 2 nitrogen and oxygen atoms in total. The van der Waals surface area contributed by atoms with Crippen molar-refractivity contribution < 1.29 is 4.79 Å². The van der Waals surface area contributed by atoms with E-state index >= 15 is 0 Å². The van der Waals surface area contributed by atoms with Crippen molar-refractivity contribution in [3.8, 4) is 604 Å². The lowest BCUT2D eigenvalue weighted by Gasteiger charge is -1.88. The number of hydrogen-bond acceptors (Lipinski definition) is 1. The van der Waals surface area contributed by atoms with Crippen molar-refractivity contribution in [1.29, 1.82) is 0 Å². The molecule has 0 heterocycles. The van der Waals surface area contributed by atoms with E-state index in [9.17, 15) is 4.79 Å². The van der Waals surface area contributed by atoms with Gasteiger partial charge in [-0.15, -0.1) is 6.42 Å². The molecule has 2 heteroatoms. The number of carbonyl (C=O) groups is 1. The standard InChI is InChI=1S/C103H4.C4H9NO/c1-3-5-7-9-11-13-15-17-19-21-23-25-27-29-31-33-35-37-39-41-43-45-47-49-51-53-55-57-59-61-63-65-67-69-71-73-75-77-79-81-83-85-87-89-91-93-95-97-99-101-103-102-100-98-96-94-92-90-88-86-84-82-80-78-76-74-72-70-68-66-64-62-60-58-56-54-52-50-48-46-44-42-40-38-36-34-32-30-28-26-24-22-20-18-16-14-12-10-8-6-4-2;1-3-5-4(2)6/h1H,2H3;3H2,1-2H3,(H,5,6). The van der Waals surface area contributed by atoms with E-state index in [0.717, 1.165) is 6.54 Å². The third-order valence-corrected chi connectivity index (χ3v) is 6.75. The van der Waals surface area contributed by atoms with Crippen LogP contribution in [0.4, 0.5) is 0 Å². The van der Waals surface area contributed by atoms with Gasteiger partial charge in [0, 0.05) is 511 Å². The van der Waals surface area contributed by atoms with E-state index in [0.29, 0.717) is 0 Å². The van der Waals surface area contributed by atoms with Crippen molar-refractivity contribution >= 4 is 5.91 Å². The van der Waals surface area contributed by atoms with Crippen molar-refractivity contribution in [2.75, 3.05) is 6.54 Å². The summed E-state index contributed by atoms with van der Waals surface area (Å²) in [5.74, 6) is 252. The number of hydrogen-bond donors (Lipinski definition) is 1. The van der Waals surface area contributed by atoms with Crippen LogP contribution >= 0.6 is 0 Å². The predicted molar refractivity (Wildman–Crippen MR) is 428 cm³/mol. The first-order valence-corrected chi connectivity index (χ1v) is 27.8. The molecular weight excluding hydrogens is 1320 g/mol. The molecule has 0 aromatic rings. The van der Waals surface area contributed by atoms with Crippen molar-refractivity contribution in [3.05, 3.63) is 0 Å². The average Bonchev–Trinajstić information content (AvgIpc) is 3.91. The van der Waals surface area contributed by atoms with Crippen LogP contribution in [0.2, 0.25) is 0 Å².